The molecule has 0 aliphatic carbocycles. The van der Waals surface area contributed by atoms with Crippen LogP contribution < -0.4 is 4.74 Å². The SMILES string of the molecule is O=C(CN1C(=O)S/C(=C\c2cccc(Oc3ccc([N+](=O)[O-])cc3[N+](=O)[O-])c2)C1=O)N1CCCCC1. The van der Waals surface area contributed by atoms with Crippen molar-refractivity contribution in [2.45, 2.75) is 19.3 Å². The molecule has 0 aromatic heterocycles. The molecular formula is C23H20N4O8S. The highest BCUT2D eigenvalue weighted by Gasteiger charge is 2.37. The van der Waals surface area contributed by atoms with Gasteiger partial charge in [0.05, 0.1) is 20.8 Å². The third-order valence-electron chi connectivity index (χ3n) is 5.61. The Balaban J connectivity index is 1.50. The van der Waals surface area contributed by atoms with Gasteiger partial charge in [0, 0.05) is 19.2 Å². The van der Waals surface area contributed by atoms with E-state index in [0.717, 1.165) is 54.1 Å². The number of nitrogens with zero attached hydrogens (tertiary/aromatic N) is 4. The summed E-state index contributed by atoms with van der Waals surface area (Å²) in [5.74, 6) is -0.856. The van der Waals surface area contributed by atoms with Gasteiger partial charge in [-0.1, -0.05) is 12.1 Å². The lowest BCUT2D eigenvalue weighted by atomic mass is 10.1. The highest BCUT2D eigenvalue weighted by molar-refractivity contribution is 8.18. The molecule has 0 atom stereocenters. The smallest absolute Gasteiger partial charge is 0.318 e. The van der Waals surface area contributed by atoms with Crippen molar-refractivity contribution in [1.29, 1.82) is 0 Å². The van der Waals surface area contributed by atoms with Crippen LogP contribution in [-0.2, 0) is 9.59 Å². The summed E-state index contributed by atoms with van der Waals surface area (Å²) in [5.41, 5.74) is -0.545. The van der Waals surface area contributed by atoms with Crippen LogP contribution in [-0.4, -0.2) is 56.3 Å². The van der Waals surface area contributed by atoms with Crippen LogP contribution in [0, 0.1) is 20.2 Å². The summed E-state index contributed by atoms with van der Waals surface area (Å²) in [5, 5.41) is 21.7. The van der Waals surface area contributed by atoms with E-state index < -0.39 is 32.4 Å². The van der Waals surface area contributed by atoms with Crippen LogP contribution in [0.2, 0.25) is 0 Å². The molecular weight excluding hydrogens is 492 g/mol. The molecule has 2 saturated heterocycles. The maximum Gasteiger partial charge on any atom is 0.318 e. The molecule has 0 unspecified atom stereocenters. The second kappa shape index (κ2) is 10.6. The number of rotatable bonds is 7. The Labute approximate surface area is 208 Å². The predicted molar refractivity (Wildman–Crippen MR) is 129 cm³/mol. The molecule has 36 heavy (non-hydrogen) atoms. The molecule has 2 aromatic rings. The summed E-state index contributed by atoms with van der Waals surface area (Å²) in [6, 6.07) is 9.28. The van der Waals surface area contributed by atoms with E-state index in [1.54, 1.807) is 17.0 Å². The fourth-order valence-corrected chi connectivity index (χ4v) is 4.65. The van der Waals surface area contributed by atoms with E-state index in [1.165, 1.54) is 18.2 Å². The zero-order valence-electron chi connectivity index (χ0n) is 18.8. The molecule has 0 N–H and O–H groups in total. The van der Waals surface area contributed by atoms with Crippen LogP contribution in [0.3, 0.4) is 0 Å². The van der Waals surface area contributed by atoms with Crippen LogP contribution in [0.25, 0.3) is 6.08 Å². The zero-order valence-corrected chi connectivity index (χ0v) is 19.6. The first-order valence-electron chi connectivity index (χ1n) is 11.0. The number of thioether (sulfide) groups is 1. The average molecular weight is 513 g/mol. The van der Waals surface area contributed by atoms with Crippen molar-refractivity contribution in [1.82, 2.24) is 9.80 Å². The third-order valence-corrected chi connectivity index (χ3v) is 6.52. The molecule has 2 aromatic carbocycles. The number of ether oxygens (including phenoxy) is 1. The van der Waals surface area contributed by atoms with E-state index in [1.807, 2.05) is 0 Å². The lowest BCUT2D eigenvalue weighted by molar-refractivity contribution is -0.394. The van der Waals surface area contributed by atoms with Gasteiger partial charge >= 0.3 is 5.69 Å². The lowest BCUT2D eigenvalue weighted by Crippen LogP contribution is -2.44. The first-order chi connectivity index (χ1) is 17.2. The zero-order chi connectivity index (χ0) is 25.8. The van der Waals surface area contributed by atoms with Gasteiger partial charge in [-0.2, -0.15) is 0 Å². The number of carbonyl (C=O) groups is 3. The molecule has 186 valence electrons. The molecule has 13 heteroatoms. The number of imide groups is 1. The van der Waals surface area contributed by atoms with Crippen LogP contribution in [0.1, 0.15) is 24.8 Å². The van der Waals surface area contributed by atoms with Crippen molar-refractivity contribution in [3.8, 4) is 11.5 Å². The molecule has 2 heterocycles. The quantitative estimate of drug-likeness (QED) is 0.299. The first kappa shape index (κ1) is 24.9. The number of piperidine rings is 1. The predicted octanol–water partition coefficient (Wildman–Crippen LogP) is 4.34. The summed E-state index contributed by atoms with van der Waals surface area (Å²) in [6.07, 6.45) is 4.31. The van der Waals surface area contributed by atoms with E-state index >= 15 is 0 Å². The van der Waals surface area contributed by atoms with Crippen LogP contribution in [0.4, 0.5) is 16.2 Å². The van der Waals surface area contributed by atoms with E-state index in [0.29, 0.717) is 18.7 Å². The monoisotopic (exact) mass is 512 g/mol. The van der Waals surface area contributed by atoms with Crippen molar-refractivity contribution in [3.05, 3.63) is 73.2 Å². The molecule has 2 aliphatic heterocycles. The van der Waals surface area contributed by atoms with E-state index in [4.69, 9.17) is 4.74 Å². The molecule has 2 aliphatic rings. The van der Waals surface area contributed by atoms with Crippen molar-refractivity contribution in [2.75, 3.05) is 19.6 Å². The third kappa shape index (κ3) is 5.51. The van der Waals surface area contributed by atoms with Crippen LogP contribution in [0.15, 0.2) is 47.4 Å². The number of amides is 3. The molecule has 0 bridgehead atoms. The molecule has 4 rings (SSSR count). The summed E-state index contributed by atoms with van der Waals surface area (Å²) in [6.45, 7) is 0.921. The fraction of sp³-hybridized carbons (Fsp3) is 0.261. The van der Waals surface area contributed by atoms with Gasteiger partial charge in [0.1, 0.15) is 12.3 Å². The van der Waals surface area contributed by atoms with Crippen molar-refractivity contribution in [3.63, 3.8) is 0 Å². The first-order valence-corrected chi connectivity index (χ1v) is 11.8. The Morgan fingerprint density at radius 1 is 1.03 bits per heavy atom. The molecule has 3 amide bonds. The van der Waals surface area contributed by atoms with Gasteiger partial charge in [-0.25, -0.2) is 0 Å². The summed E-state index contributed by atoms with van der Waals surface area (Å²) < 4.78 is 5.59. The van der Waals surface area contributed by atoms with Gasteiger partial charge in [0.2, 0.25) is 11.7 Å². The minimum Gasteiger partial charge on any atom is -0.450 e. The topological polar surface area (TPSA) is 153 Å². The summed E-state index contributed by atoms with van der Waals surface area (Å²) in [4.78, 5) is 61.2. The molecule has 0 radical (unpaired) electrons. The Bertz CT molecular complexity index is 1290. The Morgan fingerprint density at radius 3 is 2.47 bits per heavy atom. The fourth-order valence-electron chi connectivity index (χ4n) is 3.81. The highest BCUT2D eigenvalue weighted by atomic mass is 32.2. The van der Waals surface area contributed by atoms with Gasteiger partial charge in [0.25, 0.3) is 16.8 Å². The van der Waals surface area contributed by atoms with Gasteiger partial charge < -0.3 is 9.64 Å². The maximum atomic E-state index is 12.8. The molecule has 0 spiro atoms. The minimum absolute atomic E-state index is 0.130. The number of likely N-dealkylation sites (tertiary alicyclic amines) is 1. The van der Waals surface area contributed by atoms with E-state index in [9.17, 15) is 34.6 Å². The Kier molecular flexibility index (Phi) is 7.29. The number of benzene rings is 2. The number of non-ortho nitro benzene ring substituents is 1. The lowest BCUT2D eigenvalue weighted by Gasteiger charge is -2.27. The second-order valence-electron chi connectivity index (χ2n) is 8.05. The van der Waals surface area contributed by atoms with Crippen LogP contribution >= 0.6 is 11.8 Å². The molecule has 2 fully saturated rings. The molecule has 12 nitrogen and oxygen atoms in total. The normalized spacial score (nSPS) is 16.9. The van der Waals surface area contributed by atoms with Crippen molar-refractivity contribution >= 4 is 46.3 Å². The summed E-state index contributed by atoms with van der Waals surface area (Å²) in [7, 11) is 0. The highest BCUT2D eigenvalue weighted by Crippen LogP contribution is 2.36. The Morgan fingerprint density at radius 2 is 1.78 bits per heavy atom. The number of nitro groups is 2. The van der Waals surface area contributed by atoms with Gasteiger partial charge in [0.15, 0.2) is 0 Å². The molecule has 0 saturated carbocycles. The maximum absolute atomic E-state index is 12.8. The number of nitro benzene ring substituents is 2. The largest absolute Gasteiger partial charge is 0.450 e. The van der Waals surface area contributed by atoms with Crippen LogP contribution in [0.5, 0.6) is 11.5 Å². The van der Waals surface area contributed by atoms with E-state index in [2.05, 4.69) is 0 Å². The van der Waals surface area contributed by atoms with E-state index in [-0.39, 0.29) is 28.9 Å². The number of hydrogen-bond donors (Lipinski definition) is 0. The Hall–Kier alpha value is -4.26. The van der Waals surface area contributed by atoms with Gasteiger partial charge in [-0.05, 0) is 60.9 Å². The number of hydrogen-bond acceptors (Lipinski definition) is 9. The second-order valence-corrected chi connectivity index (χ2v) is 9.04. The van der Waals surface area contributed by atoms with Crippen molar-refractivity contribution < 1.29 is 29.0 Å². The van der Waals surface area contributed by atoms with Gasteiger partial charge in [-0.3, -0.25) is 39.5 Å². The minimum atomic E-state index is -0.784. The average Bonchev–Trinajstić information content (AvgIpc) is 3.12. The van der Waals surface area contributed by atoms with Crippen molar-refractivity contribution in [2.24, 2.45) is 0 Å². The number of carbonyl (C=O) groups excluding carboxylic acids is 3. The standard InChI is InChI=1S/C23H20N4O8S/c28-21(24-9-2-1-3-10-24)14-25-22(29)20(36-23(25)30)12-15-5-4-6-17(11-15)35-19-8-7-16(26(31)32)13-18(19)27(33)34/h4-8,11-13H,1-3,9-10,14H2/b20-12-. The van der Waals surface area contributed by atoms with Gasteiger partial charge in [-0.15, -0.1) is 0 Å². The summed E-state index contributed by atoms with van der Waals surface area (Å²) >= 11 is 0.720.